The lowest BCUT2D eigenvalue weighted by Crippen LogP contribution is -2.41. The quantitative estimate of drug-likeness (QED) is 0.0288. The third kappa shape index (κ3) is 27.6. The minimum Gasteiger partial charge on any atom is -0.490 e. The Morgan fingerprint density at radius 3 is 0.796 bits per heavy atom. The van der Waals surface area contributed by atoms with Gasteiger partial charge in [-0.05, 0) is 81.4 Å². The number of rotatable bonds is 52. The van der Waals surface area contributed by atoms with Gasteiger partial charge in [-0.25, -0.2) is 4.31 Å². The molecule has 9 rings (SSSR count). The van der Waals surface area contributed by atoms with Gasteiger partial charge < -0.3 is 29.2 Å². The Morgan fingerprint density at radius 2 is 0.528 bits per heavy atom. The number of aliphatic hydroxyl groups is 2. The van der Waals surface area contributed by atoms with Gasteiger partial charge in [0, 0.05) is 75.7 Å². The largest absolute Gasteiger partial charge is 0.490 e. The molecule has 108 heavy (non-hydrogen) atoms. The Balaban J connectivity index is 1.10. The SMILES string of the molecule is CCCCCCCCCCCCC(O)COC(COc1c(C(C)c2ccccc2)cc(C(C)c2ccccc2)cc1C(C)c1ccccc1)CN(CC(COc1c(C(C)c2ccccc2)cc(C(C)c2ccccc2)cc1C(C)c1ccccc1)OCC(O)CCCCCCCCCCCC)Sc1ccccc1. The number of aliphatic hydroxyl groups excluding tert-OH is 2. The van der Waals surface area contributed by atoms with Gasteiger partial charge in [0.05, 0.1) is 25.4 Å². The van der Waals surface area contributed by atoms with Gasteiger partial charge in [0.25, 0.3) is 0 Å². The van der Waals surface area contributed by atoms with Crippen molar-refractivity contribution in [1.29, 1.82) is 0 Å². The first kappa shape index (κ1) is 84.7. The van der Waals surface area contributed by atoms with Gasteiger partial charge in [0.2, 0.25) is 0 Å². The van der Waals surface area contributed by atoms with E-state index >= 15 is 0 Å². The van der Waals surface area contributed by atoms with Gasteiger partial charge in [0.1, 0.15) is 36.9 Å². The van der Waals surface area contributed by atoms with Gasteiger partial charge in [-0.2, -0.15) is 0 Å². The Morgan fingerprint density at radius 1 is 0.287 bits per heavy atom. The van der Waals surface area contributed by atoms with Crippen LogP contribution >= 0.6 is 11.9 Å². The molecule has 0 saturated carbocycles. The van der Waals surface area contributed by atoms with Crippen LogP contribution in [-0.4, -0.2) is 78.5 Å². The van der Waals surface area contributed by atoms with Crippen LogP contribution in [0.3, 0.4) is 0 Å². The number of hydrogen-bond acceptors (Lipinski definition) is 8. The number of ether oxygens (including phenoxy) is 4. The molecule has 0 fully saturated rings. The standard InChI is InChI=1S/C100H131NO6S/c1-9-11-13-15-17-19-21-23-25-46-62-90(102)72-104-92(74-106-99-95(78(5)84-54-38-29-39-55-84)66-88(76(3)82-50-34-27-35-51-82)67-96(99)79(6)85-56-40-30-41-57-85)70-101(108-94-64-48-33-49-65-94)71-93(105-73-91(103)63-47-26-24-22-20-18-16-14-12-10-2)75-107-100-97(80(7)86-58-42-31-43-59-86)68-89(77(4)83-52-36-28-37-53-83)69-98(100)81(8)87-60-44-32-45-61-87/h27-45,48-61,64-69,76-81,90-93,102-103H,9-26,46-47,62-63,70-75H2,1-8H3. The van der Waals surface area contributed by atoms with E-state index in [1.807, 2.05) is 0 Å². The second kappa shape index (κ2) is 47.7. The van der Waals surface area contributed by atoms with Crippen molar-refractivity contribution >= 4 is 11.9 Å². The topological polar surface area (TPSA) is 80.6 Å². The van der Waals surface area contributed by atoms with Crippen LogP contribution in [0, 0.1) is 0 Å². The fourth-order valence-electron chi connectivity index (χ4n) is 15.4. The van der Waals surface area contributed by atoms with Crippen LogP contribution in [0.2, 0.25) is 0 Å². The molecular formula is C100H131NO6S. The van der Waals surface area contributed by atoms with Crippen LogP contribution in [0.15, 0.2) is 241 Å². The van der Waals surface area contributed by atoms with E-state index < -0.39 is 24.4 Å². The second-order valence-electron chi connectivity index (χ2n) is 30.9. The third-order valence-electron chi connectivity index (χ3n) is 22.5. The molecule has 0 spiro atoms. The molecule has 9 aromatic rings. The first-order valence-corrected chi connectivity index (χ1v) is 42.6. The predicted octanol–water partition coefficient (Wildman–Crippen LogP) is 26.2. The second-order valence-corrected chi connectivity index (χ2v) is 32.1. The fourth-order valence-corrected chi connectivity index (χ4v) is 16.4. The van der Waals surface area contributed by atoms with Crippen LogP contribution in [-0.2, 0) is 9.47 Å². The van der Waals surface area contributed by atoms with Crippen molar-refractivity contribution in [2.24, 2.45) is 0 Å². The molecule has 0 heterocycles. The van der Waals surface area contributed by atoms with E-state index in [0.29, 0.717) is 25.9 Å². The van der Waals surface area contributed by atoms with Crippen molar-refractivity contribution in [2.75, 3.05) is 39.5 Å². The summed E-state index contributed by atoms with van der Waals surface area (Å²) in [6, 6.07) is 85.3. The summed E-state index contributed by atoms with van der Waals surface area (Å²) < 4.78 is 32.1. The zero-order chi connectivity index (χ0) is 75.9. The third-order valence-corrected chi connectivity index (χ3v) is 23.5. The van der Waals surface area contributed by atoms with Crippen LogP contribution < -0.4 is 9.47 Å². The van der Waals surface area contributed by atoms with Crippen LogP contribution in [0.1, 0.15) is 299 Å². The summed E-state index contributed by atoms with van der Waals surface area (Å²) in [6.07, 6.45) is 23.6. The van der Waals surface area contributed by atoms with E-state index in [2.05, 4.69) is 296 Å². The molecule has 8 heteroatoms. The molecule has 10 unspecified atom stereocenters. The molecule has 0 radical (unpaired) electrons. The van der Waals surface area contributed by atoms with Crippen LogP contribution in [0.5, 0.6) is 11.5 Å². The highest BCUT2D eigenvalue weighted by molar-refractivity contribution is 7.97. The van der Waals surface area contributed by atoms with Crippen LogP contribution in [0.25, 0.3) is 0 Å². The first-order chi connectivity index (χ1) is 52.9. The molecule has 2 N–H and O–H groups in total. The Bertz CT molecular complexity index is 3480. The molecule has 0 bridgehead atoms. The van der Waals surface area contributed by atoms with Crippen molar-refractivity contribution in [2.45, 2.75) is 261 Å². The summed E-state index contributed by atoms with van der Waals surface area (Å²) in [5, 5.41) is 24.1. The van der Waals surface area contributed by atoms with Crippen molar-refractivity contribution in [3.63, 3.8) is 0 Å². The highest BCUT2D eigenvalue weighted by Gasteiger charge is 2.31. The molecular weight excluding hydrogens is 1340 g/mol. The van der Waals surface area contributed by atoms with E-state index in [1.165, 1.54) is 147 Å². The summed E-state index contributed by atoms with van der Waals surface area (Å²) in [6.45, 7) is 20.1. The lowest BCUT2D eigenvalue weighted by Gasteiger charge is -2.32. The number of hydrogen-bond donors (Lipinski definition) is 2. The summed E-state index contributed by atoms with van der Waals surface area (Å²) in [7, 11) is 0. The highest BCUT2D eigenvalue weighted by Crippen LogP contribution is 2.46. The Hall–Kier alpha value is -7.27. The van der Waals surface area contributed by atoms with E-state index in [-0.39, 0.29) is 61.9 Å². The molecule has 9 aromatic carbocycles. The molecule has 0 aliphatic heterocycles. The van der Waals surface area contributed by atoms with Crippen molar-refractivity contribution < 1.29 is 29.2 Å². The number of nitrogens with zero attached hydrogens (tertiary/aromatic N) is 1. The molecule has 0 saturated heterocycles. The summed E-state index contributed by atoms with van der Waals surface area (Å²) in [4.78, 5) is 1.07. The van der Waals surface area contributed by atoms with Gasteiger partial charge in [0.15, 0.2) is 0 Å². The van der Waals surface area contributed by atoms with E-state index in [9.17, 15) is 10.2 Å². The monoisotopic (exact) mass is 1470 g/mol. The molecule has 7 nitrogen and oxygen atoms in total. The van der Waals surface area contributed by atoms with Gasteiger partial charge in [-0.3, -0.25) is 0 Å². The summed E-state index contributed by atoms with van der Waals surface area (Å²) in [5.74, 6) is 1.87. The molecule has 578 valence electrons. The molecule has 0 aliphatic rings. The number of benzene rings is 9. The maximum Gasteiger partial charge on any atom is 0.127 e. The average molecular weight is 1480 g/mol. The van der Waals surface area contributed by atoms with Gasteiger partial charge in [-0.1, -0.05) is 408 Å². The summed E-state index contributed by atoms with van der Waals surface area (Å²) >= 11 is 1.68. The van der Waals surface area contributed by atoms with E-state index in [4.69, 9.17) is 18.9 Å². The zero-order valence-corrected chi connectivity index (χ0v) is 67.8. The minimum atomic E-state index is -0.651. The molecule has 0 aliphatic carbocycles. The molecule has 0 aromatic heterocycles. The van der Waals surface area contributed by atoms with Gasteiger partial charge in [-0.15, -0.1) is 0 Å². The Kier molecular flexibility index (Phi) is 37.4. The van der Waals surface area contributed by atoms with Crippen LogP contribution in [0.4, 0.5) is 0 Å². The van der Waals surface area contributed by atoms with Crippen molar-refractivity contribution in [3.05, 3.63) is 303 Å². The Labute approximate surface area is 657 Å². The zero-order valence-electron chi connectivity index (χ0n) is 67.0. The smallest absolute Gasteiger partial charge is 0.127 e. The normalized spacial score (nSPS) is 14.5. The van der Waals surface area contributed by atoms with Gasteiger partial charge >= 0.3 is 0 Å². The lowest BCUT2D eigenvalue weighted by atomic mass is 9.81. The average Bonchev–Trinajstić information content (AvgIpc) is 0.780. The predicted molar refractivity (Wildman–Crippen MR) is 456 cm³/mol. The van der Waals surface area contributed by atoms with E-state index in [1.54, 1.807) is 11.9 Å². The van der Waals surface area contributed by atoms with E-state index in [0.717, 1.165) is 64.3 Å². The van der Waals surface area contributed by atoms with Crippen molar-refractivity contribution in [3.8, 4) is 11.5 Å². The maximum absolute atomic E-state index is 12.1. The number of unbranched alkanes of at least 4 members (excludes halogenated alkanes) is 18. The molecule has 0 amide bonds. The lowest BCUT2D eigenvalue weighted by molar-refractivity contribution is -0.0510. The maximum atomic E-state index is 12.1. The molecule has 10 atom stereocenters. The minimum absolute atomic E-state index is 0.0209. The van der Waals surface area contributed by atoms with Crippen molar-refractivity contribution in [1.82, 2.24) is 4.31 Å². The summed E-state index contributed by atoms with van der Waals surface area (Å²) in [5.41, 5.74) is 14.3. The first-order valence-electron chi connectivity index (χ1n) is 41.9. The highest BCUT2D eigenvalue weighted by atomic mass is 32.2. The fraction of sp³-hybridized carbons (Fsp3) is 0.460.